The fraction of sp³-hybridized carbons (Fsp3) is 0.0909. The number of hydrazine groups is 1. The van der Waals surface area contributed by atoms with E-state index < -0.39 is 0 Å². The van der Waals surface area contributed by atoms with Crippen LogP contribution < -0.4 is 10.9 Å². The molecule has 0 bridgehead atoms. The lowest BCUT2D eigenvalue weighted by Crippen LogP contribution is -2.40. The first kappa shape index (κ1) is 12.9. The molecule has 1 rings (SSSR count). The van der Waals surface area contributed by atoms with Crippen LogP contribution in [0.1, 0.15) is 16.8 Å². The van der Waals surface area contributed by atoms with Gasteiger partial charge in [0.15, 0.2) is 0 Å². The summed E-state index contributed by atoms with van der Waals surface area (Å²) < 4.78 is 0.930. The van der Waals surface area contributed by atoms with Crippen LogP contribution in [-0.4, -0.2) is 10.9 Å². The lowest BCUT2D eigenvalue weighted by molar-refractivity contribution is 0.0944. The van der Waals surface area contributed by atoms with E-state index in [1.165, 1.54) is 0 Å². The molecule has 0 saturated heterocycles. The average Bonchev–Trinajstić information content (AvgIpc) is 2.27. The van der Waals surface area contributed by atoms with Crippen LogP contribution in [0.25, 0.3) is 0 Å². The van der Waals surface area contributed by atoms with Crippen LogP contribution in [0.3, 0.4) is 0 Å². The number of rotatable bonds is 3. The summed E-state index contributed by atoms with van der Waals surface area (Å²) in [6, 6.07) is 7.04. The minimum Gasteiger partial charge on any atom is -0.291 e. The predicted molar refractivity (Wildman–Crippen MR) is 72.2 cm³/mol. The van der Waals surface area contributed by atoms with E-state index in [-0.39, 0.29) is 5.91 Å². The van der Waals surface area contributed by atoms with Crippen molar-refractivity contribution < 1.29 is 4.79 Å². The predicted octanol–water partition coefficient (Wildman–Crippen LogP) is 2.59. The normalized spacial score (nSPS) is 9.31. The third-order valence-corrected chi connectivity index (χ3v) is 2.55. The largest absolute Gasteiger partial charge is 0.291 e. The van der Waals surface area contributed by atoms with E-state index in [2.05, 4.69) is 33.4 Å². The van der Waals surface area contributed by atoms with E-state index in [0.717, 1.165) is 4.47 Å². The van der Waals surface area contributed by atoms with Gasteiger partial charge in [0.25, 0.3) is 5.91 Å². The lowest BCUT2D eigenvalue weighted by atomic mass is 10.2. The molecule has 84 valence electrons. The molecular weight excluding hydrogens is 288 g/mol. The summed E-state index contributed by atoms with van der Waals surface area (Å²) in [6.45, 7) is 3.55. The zero-order chi connectivity index (χ0) is 12.0. The first-order chi connectivity index (χ1) is 7.63. The Hall–Kier alpha value is -1.20. The van der Waals surface area contributed by atoms with E-state index in [9.17, 15) is 4.79 Å². The molecule has 16 heavy (non-hydrogen) atoms. The quantitative estimate of drug-likeness (QED) is 0.512. The van der Waals surface area contributed by atoms with Crippen molar-refractivity contribution in [1.82, 2.24) is 10.9 Å². The average molecular weight is 299 g/mol. The van der Waals surface area contributed by atoms with Gasteiger partial charge in [0.1, 0.15) is 0 Å². The van der Waals surface area contributed by atoms with Crippen molar-refractivity contribution in [2.45, 2.75) is 6.42 Å². The number of hydrogen-bond acceptors (Lipinski definition) is 2. The minimum absolute atomic E-state index is 0.223. The summed E-state index contributed by atoms with van der Waals surface area (Å²) >= 11 is 8.24. The van der Waals surface area contributed by atoms with E-state index >= 15 is 0 Å². The maximum absolute atomic E-state index is 11.6. The molecule has 0 aliphatic carbocycles. The minimum atomic E-state index is -0.223. The number of amides is 1. The molecule has 0 saturated carbocycles. The zero-order valence-electron chi connectivity index (χ0n) is 8.50. The van der Waals surface area contributed by atoms with Crippen LogP contribution in [0.15, 0.2) is 41.4 Å². The number of nitrogens with one attached hydrogen (secondary N) is 2. The summed E-state index contributed by atoms with van der Waals surface area (Å²) in [4.78, 5) is 12.1. The number of carbonyl (C=O) groups is 1. The number of halogens is 1. The van der Waals surface area contributed by atoms with Crippen LogP contribution >= 0.6 is 28.1 Å². The summed E-state index contributed by atoms with van der Waals surface area (Å²) in [5.41, 5.74) is 5.72. The molecule has 2 N–H and O–H groups in total. The molecule has 3 nitrogen and oxygen atoms in total. The molecule has 0 aliphatic heterocycles. The van der Waals surface area contributed by atoms with Crippen LogP contribution in [0.5, 0.6) is 0 Å². The number of benzene rings is 1. The Morgan fingerprint density at radius 2 is 2.00 bits per heavy atom. The Kier molecular flexibility index (Phi) is 5.14. The molecule has 0 aliphatic rings. The summed E-state index contributed by atoms with van der Waals surface area (Å²) in [7, 11) is 0. The lowest BCUT2D eigenvalue weighted by Gasteiger charge is -2.07. The summed E-state index contributed by atoms with van der Waals surface area (Å²) in [5.74, 6) is -0.223. The summed E-state index contributed by atoms with van der Waals surface area (Å²) in [5, 5.41) is 0. The SMILES string of the molecule is C=CCC(=S)NNC(=O)c1ccc(Br)cc1. The molecule has 0 aromatic heterocycles. The second-order valence-electron chi connectivity index (χ2n) is 3.00. The number of thiocarbonyl (C=S) groups is 1. The smallest absolute Gasteiger partial charge is 0.269 e. The Morgan fingerprint density at radius 1 is 1.38 bits per heavy atom. The number of carbonyl (C=O) groups excluding carboxylic acids is 1. The highest BCUT2D eigenvalue weighted by molar-refractivity contribution is 9.10. The Bertz CT molecular complexity index is 403. The Balaban J connectivity index is 2.49. The molecule has 5 heteroatoms. The first-order valence-electron chi connectivity index (χ1n) is 4.59. The van der Waals surface area contributed by atoms with Crippen molar-refractivity contribution in [3.8, 4) is 0 Å². The third-order valence-electron chi connectivity index (χ3n) is 1.75. The van der Waals surface area contributed by atoms with Crippen molar-refractivity contribution in [2.24, 2.45) is 0 Å². The highest BCUT2D eigenvalue weighted by atomic mass is 79.9. The maximum Gasteiger partial charge on any atom is 0.269 e. The number of hydrogen-bond donors (Lipinski definition) is 2. The highest BCUT2D eigenvalue weighted by Gasteiger charge is 2.04. The molecular formula is C11H11BrN2OS. The standard InChI is InChI=1S/C11H11BrN2OS/c1-2-3-10(16)13-14-11(15)8-4-6-9(12)7-5-8/h2,4-7H,1,3H2,(H,13,16)(H,14,15). The molecule has 0 radical (unpaired) electrons. The van der Waals surface area contributed by atoms with Gasteiger partial charge >= 0.3 is 0 Å². The van der Waals surface area contributed by atoms with E-state index in [1.54, 1.807) is 30.3 Å². The van der Waals surface area contributed by atoms with Gasteiger partial charge in [0.05, 0.1) is 4.99 Å². The van der Waals surface area contributed by atoms with Crippen molar-refractivity contribution in [3.63, 3.8) is 0 Å². The van der Waals surface area contributed by atoms with Crippen molar-refractivity contribution in [2.75, 3.05) is 0 Å². The van der Waals surface area contributed by atoms with Crippen LogP contribution in [0.2, 0.25) is 0 Å². The van der Waals surface area contributed by atoms with Crippen LogP contribution in [-0.2, 0) is 0 Å². The molecule has 0 heterocycles. The van der Waals surface area contributed by atoms with Crippen LogP contribution in [0.4, 0.5) is 0 Å². The molecule has 0 unspecified atom stereocenters. The van der Waals surface area contributed by atoms with Crippen molar-refractivity contribution >= 4 is 39.0 Å². The van der Waals surface area contributed by atoms with Crippen molar-refractivity contribution in [3.05, 3.63) is 47.0 Å². The monoisotopic (exact) mass is 298 g/mol. The van der Waals surface area contributed by atoms with Gasteiger partial charge < -0.3 is 0 Å². The Morgan fingerprint density at radius 3 is 2.56 bits per heavy atom. The third kappa shape index (κ3) is 4.12. The fourth-order valence-corrected chi connectivity index (χ4v) is 1.42. The molecule has 1 aromatic carbocycles. The van der Waals surface area contributed by atoms with Gasteiger partial charge in [-0.1, -0.05) is 34.2 Å². The van der Waals surface area contributed by atoms with Gasteiger partial charge in [-0.3, -0.25) is 15.6 Å². The van der Waals surface area contributed by atoms with Gasteiger partial charge in [-0.15, -0.1) is 6.58 Å². The molecule has 1 aromatic rings. The Labute approximate surface area is 108 Å². The van der Waals surface area contributed by atoms with Crippen molar-refractivity contribution in [1.29, 1.82) is 0 Å². The van der Waals surface area contributed by atoms with Crippen LogP contribution in [0, 0.1) is 0 Å². The van der Waals surface area contributed by atoms with E-state index in [4.69, 9.17) is 12.2 Å². The topological polar surface area (TPSA) is 41.1 Å². The van der Waals surface area contributed by atoms with Gasteiger partial charge in [0, 0.05) is 16.5 Å². The molecule has 1 amide bonds. The second-order valence-corrected chi connectivity index (χ2v) is 4.41. The van der Waals surface area contributed by atoms with Gasteiger partial charge in [-0.2, -0.15) is 0 Å². The van der Waals surface area contributed by atoms with E-state index in [0.29, 0.717) is 17.0 Å². The second kappa shape index (κ2) is 6.40. The van der Waals surface area contributed by atoms with Gasteiger partial charge in [0.2, 0.25) is 0 Å². The van der Waals surface area contributed by atoms with E-state index in [1.807, 2.05) is 0 Å². The zero-order valence-corrected chi connectivity index (χ0v) is 10.9. The fourth-order valence-electron chi connectivity index (χ4n) is 0.982. The molecule has 0 fully saturated rings. The van der Waals surface area contributed by atoms with Gasteiger partial charge in [-0.05, 0) is 24.3 Å². The highest BCUT2D eigenvalue weighted by Crippen LogP contribution is 2.09. The van der Waals surface area contributed by atoms with Gasteiger partial charge in [-0.25, -0.2) is 0 Å². The molecule has 0 atom stereocenters. The summed E-state index contributed by atoms with van der Waals surface area (Å²) in [6.07, 6.45) is 2.21. The molecule has 0 spiro atoms. The maximum atomic E-state index is 11.6. The first-order valence-corrected chi connectivity index (χ1v) is 5.79.